The average Bonchev–Trinajstić information content (AvgIpc) is 3.31. The number of esters is 1. The highest BCUT2D eigenvalue weighted by atomic mass is 19.3. The molecule has 1 heterocycles. The van der Waals surface area contributed by atoms with Crippen molar-refractivity contribution >= 4 is 35.7 Å². The van der Waals surface area contributed by atoms with Gasteiger partial charge in [-0.25, -0.2) is 23.2 Å². The SMILES string of the molecule is CC(C)[C@H](NC(=O)N[C@H](C(=O)N1CC2C([C@H]1C(=O)NC(CC(F)F)C(=O)NCCc1ccc(C(=O)O)cc1)C2(C)C)C(C)(C)C)C(=O)OC(C)(C)C. The van der Waals surface area contributed by atoms with Crippen LogP contribution in [0.2, 0.25) is 0 Å². The fourth-order valence-electron chi connectivity index (χ4n) is 6.74. The summed E-state index contributed by atoms with van der Waals surface area (Å²) in [7, 11) is 0. The van der Waals surface area contributed by atoms with Gasteiger partial charge in [0.2, 0.25) is 24.1 Å². The standard InChI is InChI=1S/C37H55F2N5O8/c1-19(2)26(33(50)52-36(6,7)8)42-34(51)43-28(35(3,4)5)31(47)44-18-22-25(37(22,9)10)27(44)30(46)41-23(17-24(38)39)29(45)40-16-15-20-11-13-21(14-12-20)32(48)49/h11-14,19,22-28H,15-18H2,1-10H3,(H,40,45)(H,41,46)(H,48,49)(H2,42,43,51)/t22?,23?,25?,26-,27-,28+/m0/s1. The number of nitrogens with one attached hydrogen (secondary N) is 4. The minimum absolute atomic E-state index is 0.0409. The van der Waals surface area contributed by atoms with E-state index in [9.17, 15) is 37.5 Å². The van der Waals surface area contributed by atoms with Gasteiger partial charge < -0.3 is 36.0 Å². The molecule has 5 amide bonds. The van der Waals surface area contributed by atoms with Crippen LogP contribution in [0, 0.1) is 28.6 Å². The van der Waals surface area contributed by atoms with Crippen molar-refractivity contribution < 1.29 is 47.4 Å². The number of nitrogens with zero attached hydrogens (tertiary/aromatic N) is 1. The molecule has 6 atom stereocenters. The number of fused-ring (bicyclic) bond motifs is 1. The first-order valence-electron chi connectivity index (χ1n) is 17.6. The number of halogens is 2. The molecule has 1 saturated heterocycles. The molecule has 290 valence electrons. The van der Waals surface area contributed by atoms with Gasteiger partial charge >= 0.3 is 18.0 Å². The number of ether oxygens (including phenoxy) is 1. The van der Waals surface area contributed by atoms with E-state index in [1.807, 2.05) is 13.8 Å². The van der Waals surface area contributed by atoms with Crippen LogP contribution in [0.25, 0.3) is 0 Å². The van der Waals surface area contributed by atoms with Crippen LogP contribution < -0.4 is 21.3 Å². The van der Waals surface area contributed by atoms with Gasteiger partial charge in [0.05, 0.1) is 5.56 Å². The predicted molar refractivity (Wildman–Crippen MR) is 188 cm³/mol. The Bertz CT molecular complexity index is 1500. The number of urea groups is 1. The minimum atomic E-state index is -2.92. The van der Waals surface area contributed by atoms with Crippen LogP contribution in [0.4, 0.5) is 13.6 Å². The van der Waals surface area contributed by atoms with Crippen LogP contribution in [-0.2, 0) is 30.3 Å². The lowest BCUT2D eigenvalue weighted by atomic mass is 9.85. The first kappa shape index (κ1) is 42.1. The normalized spacial score (nSPS) is 21.0. The minimum Gasteiger partial charge on any atom is -0.478 e. The molecule has 1 aromatic carbocycles. The zero-order valence-electron chi connectivity index (χ0n) is 31.8. The molecular weight excluding hydrogens is 680 g/mol. The molecule has 52 heavy (non-hydrogen) atoms. The van der Waals surface area contributed by atoms with Gasteiger partial charge in [-0.3, -0.25) is 14.4 Å². The fraction of sp³-hybridized carbons (Fsp3) is 0.676. The second-order valence-electron chi connectivity index (χ2n) is 16.8. The maximum Gasteiger partial charge on any atom is 0.335 e. The number of carbonyl (C=O) groups is 6. The van der Waals surface area contributed by atoms with Gasteiger partial charge in [-0.05, 0) is 73.5 Å². The molecule has 3 rings (SSSR count). The predicted octanol–water partition coefficient (Wildman–Crippen LogP) is 3.75. The summed E-state index contributed by atoms with van der Waals surface area (Å²) in [5, 5.41) is 19.5. The molecule has 1 saturated carbocycles. The summed E-state index contributed by atoms with van der Waals surface area (Å²) in [4.78, 5) is 80.0. The Morgan fingerprint density at radius 2 is 1.56 bits per heavy atom. The summed E-state index contributed by atoms with van der Waals surface area (Å²) in [6.07, 6.45) is -3.59. The molecule has 2 aliphatic rings. The molecule has 2 fully saturated rings. The highest BCUT2D eigenvalue weighted by Gasteiger charge is 2.70. The highest BCUT2D eigenvalue weighted by Crippen LogP contribution is 2.65. The van der Waals surface area contributed by atoms with Crippen molar-refractivity contribution in [3.63, 3.8) is 0 Å². The quantitative estimate of drug-likeness (QED) is 0.179. The second kappa shape index (κ2) is 16.2. The summed E-state index contributed by atoms with van der Waals surface area (Å²) in [5.74, 6) is -4.58. The van der Waals surface area contributed by atoms with Crippen molar-refractivity contribution in [3.8, 4) is 0 Å². The van der Waals surface area contributed by atoms with E-state index < -0.39 is 83.7 Å². The topological polar surface area (TPSA) is 183 Å². The van der Waals surface area contributed by atoms with Crippen molar-refractivity contribution in [3.05, 3.63) is 35.4 Å². The van der Waals surface area contributed by atoms with Crippen LogP contribution in [-0.4, -0.2) is 95.0 Å². The van der Waals surface area contributed by atoms with Gasteiger partial charge in [0, 0.05) is 19.5 Å². The number of rotatable bonds is 14. The van der Waals surface area contributed by atoms with Crippen molar-refractivity contribution in [2.75, 3.05) is 13.1 Å². The summed E-state index contributed by atoms with van der Waals surface area (Å²) in [6.45, 7) is 18.0. The summed E-state index contributed by atoms with van der Waals surface area (Å²) in [6, 6.07) is 0.370. The first-order chi connectivity index (χ1) is 23.8. The number of hydrogen-bond acceptors (Lipinski definition) is 7. The number of piperidine rings is 1. The third-order valence-corrected chi connectivity index (χ3v) is 9.72. The number of alkyl halides is 2. The Morgan fingerprint density at radius 3 is 2.06 bits per heavy atom. The Morgan fingerprint density at radius 1 is 0.962 bits per heavy atom. The largest absolute Gasteiger partial charge is 0.478 e. The molecule has 5 N–H and O–H groups in total. The lowest BCUT2D eigenvalue weighted by Crippen LogP contribution is -2.62. The molecular formula is C37H55F2N5O8. The van der Waals surface area contributed by atoms with Crippen molar-refractivity contribution in [2.24, 2.45) is 28.6 Å². The fourth-order valence-corrected chi connectivity index (χ4v) is 6.74. The molecule has 0 aromatic heterocycles. The molecule has 0 radical (unpaired) electrons. The first-order valence-corrected chi connectivity index (χ1v) is 17.6. The Labute approximate surface area is 304 Å². The monoisotopic (exact) mass is 735 g/mol. The summed E-state index contributed by atoms with van der Waals surface area (Å²) >= 11 is 0. The third kappa shape index (κ3) is 10.6. The van der Waals surface area contributed by atoms with Gasteiger partial charge in [-0.15, -0.1) is 0 Å². The van der Waals surface area contributed by atoms with E-state index in [2.05, 4.69) is 21.3 Å². The van der Waals surface area contributed by atoms with Crippen molar-refractivity contribution in [1.29, 1.82) is 0 Å². The van der Waals surface area contributed by atoms with E-state index in [1.54, 1.807) is 67.5 Å². The van der Waals surface area contributed by atoms with E-state index in [-0.39, 0.29) is 48.2 Å². The van der Waals surface area contributed by atoms with Crippen LogP contribution in [0.1, 0.15) is 91.6 Å². The van der Waals surface area contributed by atoms with E-state index in [0.29, 0.717) is 5.56 Å². The number of aromatic carboxylic acids is 1. The molecule has 1 aliphatic heterocycles. The molecule has 15 heteroatoms. The Kier molecular flexibility index (Phi) is 13.1. The van der Waals surface area contributed by atoms with Gasteiger partial charge in [0.25, 0.3) is 0 Å². The number of amides is 5. The molecule has 0 spiro atoms. The molecule has 0 bridgehead atoms. The van der Waals surface area contributed by atoms with E-state index in [0.717, 1.165) is 0 Å². The summed E-state index contributed by atoms with van der Waals surface area (Å²) < 4.78 is 32.8. The smallest absolute Gasteiger partial charge is 0.335 e. The van der Waals surface area contributed by atoms with Gasteiger partial charge in [-0.1, -0.05) is 60.6 Å². The number of carbonyl (C=O) groups excluding carboxylic acids is 5. The highest BCUT2D eigenvalue weighted by molar-refractivity contribution is 5.96. The van der Waals surface area contributed by atoms with Crippen LogP contribution in [0.3, 0.4) is 0 Å². The third-order valence-electron chi connectivity index (χ3n) is 9.72. The van der Waals surface area contributed by atoms with Gasteiger partial charge in [0.15, 0.2) is 0 Å². The molecule has 13 nitrogen and oxygen atoms in total. The average molecular weight is 736 g/mol. The number of hydrogen-bond donors (Lipinski definition) is 5. The van der Waals surface area contributed by atoms with Crippen LogP contribution >= 0.6 is 0 Å². The Balaban J connectivity index is 1.77. The zero-order chi connectivity index (χ0) is 39.5. The van der Waals surface area contributed by atoms with Crippen LogP contribution in [0.5, 0.6) is 0 Å². The molecule has 1 aromatic rings. The number of likely N-dealkylation sites (tertiary alicyclic amines) is 1. The van der Waals surface area contributed by atoms with Gasteiger partial charge in [0.1, 0.15) is 29.8 Å². The van der Waals surface area contributed by atoms with Crippen molar-refractivity contribution in [1.82, 2.24) is 26.2 Å². The Hall–Kier alpha value is -4.30. The van der Waals surface area contributed by atoms with Crippen LogP contribution in [0.15, 0.2) is 24.3 Å². The zero-order valence-corrected chi connectivity index (χ0v) is 31.8. The lowest BCUT2D eigenvalue weighted by Gasteiger charge is -2.38. The van der Waals surface area contributed by atoms with Gasteiger partial charge in [-0.2, -0.15) is 0 Å². The molecule has 3 unspecified atom stereocenters. The lowest BCUT2D eigenvalue weighted by molar-refractivity contribution is -0.158. The van der Waals surface area contributed by atoms with E-state index in [4.69, 9.17) is 9.84 Å². The number of benzene rings is 1. The van der Waals surface area contributed by atoms with E-state index >= 15 is 0 Å². The van der Waals surface area contributed by atoms with Crippen molar-refractivity contribution in [2.45, 2.75) is 118 Å². The number of carboxylic acid groups (broad SMARTS) is 1. The second-order valence-corrected chi connectivity index (χ2v) is 16.8. The maximum absolute atomic E-state index is 14.3. The maximum atomic E-state index is 14.3. The molecule has 1 aliphatic carbocycles. The number of carboxylic acids is 1. The summed E-state index contributed by atoms with van der Waals surface area (Å²) in [5.41, 5.74) is -1.18. The van der Waals surface area contributed by atoms with E-state index in [1.165, 1.54) is 17.0 Å².